The predicted octanol–water partition coefficient (Wildman–Crippen LogP) is 1.33. The van der Waals surface area contributed by atoms with Crippen molar-refractivity contribution in [2.75, 3.05) is 0 Å². The Balaban J connectivity index is 2.58. The van der Waals surface area contributed by atoms with Crippen LogP contribution in [0.25, 0.3) is 5.82 Å². The molecular formula is C8H5ClFN3O2S. The molecule has 0 radical (unpaired) electrons. The second-order valence-electron chi connectivity index (χ2n) is 2.85. The maximum absolute atomic E-state index is 12.6. The van der Waals surface area contributed by atoms with E-state index in [1.54, 1.807) is 0 Å². The predicted molar refractivity (Wildman–Crippen MR) is 54.4 cm³/mol. The second-order valence-corrected chi connectivity index (χ2v) is 5.37. The molecule has 2 heterocycles. The van der Waals surface area contributed by atoms with Crippen LogP contribution in [0.2, 0.25) is 0 Å². The second kappa shape index (κ2) is 3.84. The van der Waals surface area contributed by atoms with E-state index in [9.17, 15) is 12.8 Å². The minimum Gasteiger partial charge on any atom is -0.234 e. The molecule has 0 fully saturated rings. The van der Waals surface area contributed by atoms with Gasteiger partial charge in [-0.1, -0.05) is 0 Å². The summed E-state index contributed by atoms with van der Waals surface area (Å²) in [7, 11) is 1.29. The van der Waals surface area contributed by atoms with Crippen molar-refractivity contribution in [3.63, 3.8) is 0 Å². The van der Waals surface area contributed by atoms with Gasteiger partial charge in [-0.05, 0) is 18.2 Å². The third-order valence-corrected chi connectivity index (χ3v) is 3.07. The van der Waals surface area contributed by atoms with E-state index in [2.05, 4.69) is 10.1 Å². The molecule has 0 aliphatic carbocycles. The lowest BCUT2D eigenvalue weighted by atomic mass is 10.4. The molecule has 5 nitrogen and oxygen atoms in total. The fraction of sp³-hybridized carbons (Fsp3) is 0. The van der Waals surface area contributed by atoms with Crippen LogP contribution in [0.1, 0.15) is 0 Å². The molecule has 0 saturated carbocycles. The number of hydrogen-bond donors (Lipinski definition) is 0. The van der Waals surface area contributed by atoms with Crippen LogP contribution >= 0.6 is 10.7 Å². The van der Waals surface area contributed by atoms with E-state index in [1.165, 1.54) is 18.3 Å². The Bertz CT molecular complexity index is 608. The Morgan fingerprint density at radius 1 is 1.31 bits per heavy atom. The maximum Gasteiger partial charge on any atom is 0.278 e. The number of rotatable bonds is 2. The summed E-state index contributed by atoms with van der Waals surface area (Å²) in [6, 6.07) is 3.68. The van der Waals surface area contributed by atoms with E-state index < -0.39 is 14.9 Å². The third-order valence-electron chi connectivity index (χ3n) is 1.79. The summed E-state index contributed by atoms with van der Waals surface area (Å²) in [5.74, 6) is -0.350. The minimum absolute atomic E-state index is 0.172. The fourth-order valence-electron chi connectivity index (χ4n) is 1.14. The van der Waals surface area contributed by atoms with Crippen molar-refractivity contribution in [2.45, 2.75) is 5.03 Å². The molecule has 16 heavy (non-hydrogen) atoms. The molecule has 0 aliphatic rings. The molecule has 2 aromatic heterocycles. The zero-order valence-corrected chi connectivity index (χ0v) is 9.28. The van der Waals surface area contributed by atoms with Crippen molar-refractivity contribution in [3.8, 4) is 5.82 Å². The molecule has 0 atom stereocenters. The number of hydrogen-bond acceptors (Lipinski definition) is 4. The van der Waals surface area contributed by atoms with Gasteiger partial charge in [0, 0.05) is 10.7 Å². The summed E-state index contributed by atoms with van der Waals surface area (Å²) in [5, 5.41) is 3.54. The maximum atomic E-state index is 12.6. The monoisotopic (exact) mass is 261 g/mol. The van der Waals surface area contributed by atoms with Gasteiger partial charge in [0.1, 0.15) is 5.82 Å². The molecule has 0 saturated heterocycles. The van der Waals surface area contributed by atoms with E-state index in [0.29, 0.717) is 0 Å². The van der Waals surface area contributed by atoms with Gasteiger partial charge in [-0.15, -0.1) is 0 Å². The molecule has 0 amide bonds. The molecule has 0 spiro atoms. The number of aromatic nitrogens is 3. The quantitative estimate of drug-likeness (QED) is 0.765. The largest absolute Gasteiger partial charge is 0.278 e. The lowest BCUT2D eigenvalue weighted by molar-refractivity contribution is 0.597. The Morgan fingerprint density at radius 2 is 2.06 bits per heavy atom. The number of halogens is 2. The summed E-state index contributed by atoms with van der Waals surface area (Å²) in [6.45, 7) is 0. The number of pyridine rings is 1. The van der Waals surface area contributed by atoms with Crippen LogP contribution in [0.5, 0.6) is 0 Å². The van der Waals surface area contributed by atoms with Gasteiger partial charge in [-0.25, -0.2) is 22.5 Å². The van der Waals surface area contributed by atoms with Crippen LogP contribution in [0.3, 0.4) is 0 Å². The van der Waals surface area contributed by atoms with Crippen molar-refractivity contribution < 1.29 is 12.8 Å². The molecular weight excluding hydrogens is 257 g/mol. The Hall–Kier alpha value is -1.47. The van der Waals surface area contributed by atoms with E-state index in [-0.39, 0.29) is 10.8 Å². The summed E-state index contributed by atoms with van der Waals surface area (Å²) in [4.78, 5) is 3.70. The highest BCUT2D eigenvalue weighted by molar-refractivity contribution is 8.13. The van der Waals surface area contributed by atoms with Crippen LogP contribution in [0.15, 0.2) is 35.6 Å². The highest BCUT2D eigenvalue weighted by Gasteiger charge is 2.17. The van der Waals surface area contributed by atoms with Crippen molar-refractivity contribution in [2.24, 2.45) is 0 Å². The van der Waals surface area contributed by atoms with Gasteiger partial charge in [0.2, 0.25) is 0 Å². The highest BCUT2D eigenvalue weighted by atomic mass is 35.7. The van der Waals surface area contributed by atoms with Crippen molar-refractivity contribution in [1.82, 2.24) is 14.8 Å². The average Bonchev–Trinajstić information content (AvgIpc) is 2.66. The normalized spacial score (nSPS) is 11.6. The molecule has 0 bridgehead atoms. The van der Waals surface area contributed by atoms with Crippen LogP contribution in [0, 0.1) is 5.82 Å². The van der Waals surface area contributed by atoms with Crippen LogP contribution in [0.4, 0.5) is 4.39 Å². The van der Waals surface area contributed by atoms with Gasteiger partial charge in [0.05, 0.1) is 12.4 Å². The zero-order valence-electron chi connectivity index (χ0n) is 7.71. The van der Waals surface area contributed by atoms with E-state index in [1.807, 2.05) is 0 Å². The Labute approximate surface area is 94.9 Å². The standard InChI is InChI=1S/C8H5ClFN3O2S/c9-16(14,15)8-3-4-12-13(8)7-2-1-6(10)5-11-7/h1-5H. The van der Waals surface area contributed by atoms with Crippen LogP contribution in [-0.4, -0.2) is 23.2 Å². The zero-order chi connectivity index (χ0) is 11.8. The van der Waals surface area contributed by atoms with Gasteiger partial charge in [0.15, 0.2) is 10.8 Å². The molecule has 0 N–H and O–H groups in total. The average molecular weight is 262 g/mol. The van der Waals surface area contributed by atoms with Crippen molar-refractivity contribution in [3.05, 3.63) is 36.4 Å². The molecule has 8 heteroatoms. The first-order valence-electron chi connectivity index (χ1n) is 4.09. The molecule has 0 unspecified atom stereocenters. The lowest BCUT2D eigenvalue weighted by Gasteiger charge is -2.02. The minimum atomic E-state index is -3.91. The SMILES string of the molecule is O=S(=O)(Cl)c1ccnn1-c1ccc(F)cn1. The summed E-state index contributed by atoms with van der Waals surface area (Å²) >= 11 is 0. The van der Waals surface area contributed by atoms with Crippen LogP contribution in [-0.2, 0) is 9.05 Å². The van der Waals surface area contributed by atoms with Gasteiger partial charge in [-0.3, -0.25) is 0 Å². The van der Waals surface area contributed by atoms with E-state index in [0.717, 1.165) is 16.9 Å². The van der Waals surface area contributed by atoms with E-state index >= 15 is 0 Å². The molecule has 84 valence electrons. The molecule has 0 aliphatic heterocycles. The summed E-state index contributed by atoms with van der Waals surface area (Å²) < 4.78 is 36.0. The molecule has 2 aromatic rings. The highest BCUT2D eigenvalue weighted by Crippen LogP contribution is 2.17. The third kappa shape index (κ3) is 2.05. The summed E-state index contributed by atoms with van der Waals surface area (Å²) in [6.07, 6.45) is 2.22. The molecule has 0 aromatic carbocycles. The Morgan fingerprint density at radius 3 is 2.62 bits per heavy atom. The van der Waals surface area contributed by atoms with Crippen LogP contribution < -0.4 is 0 Å². The van der Waals surface area contributed by atoms with E-state index in [4.69, 9.17) is 10.7 Å². The first-order chi connectivity index (χ1) is 7.48. The van der Waals surface area contributed by atoms with Gasteiger partial charge >= 0.3 is 0 Å². The van der Waals surface area contributed by atoms with Crippen molar-refractivity contribution in [1.29, 1.82) is 0 Å². The van der Waals surface area contributed by atoms with Gasteiger partial charge < -0.3 is 0 Å². The smallest absolute Gasteiger partial charge is 0.234 e. The first-order valence-corrected chi connectivity index (χ1v) is 6.40. The fourth-order valence-corrected chi connectivity index (χ4v) is 2.06. The number of nitrogens with zero attached hydrogens (tertiary/aromatic N) is 3. The van der Waals surface area contributed by atoms with Crippen molar-refractivity contribution >= 4 is 19.7 Å². The lowest BCUT2D eigenvalue weighted by Crippen LogP contribution is -2.06. The van der Waals surface area contributed by atoms with Gasteiger partial charge in [0.25, 0.3) is 9.05 Å². The first kappa shape index (κ1) is 11.0. The molecule has 2 rings (SSSR count). The summed E-state index contributed by atoms with van der Waals surface area (Å²) in [5.41, 5.74) is 0. The Kier molecular flexibility index (Phi) is 2.64. The topological polar surface area (TPSA) is 64.8 Å². The van der Waals surface area contributed by atoms with Gasteiger partial charge in [-0.2, -0.15) is 5.10 Å².